The van der Waals surface area contributed by atoms with Gasteiger partial charge in [-0.1, -0.05) is 30.3 Å². The fraction of sp³-hybridized carbons (Fsp3) is 0.450. The Balaban J connectivity index is 2.27. The quantitative estimate of drug-likeness (QED) is 0.881. The molecular weight excluding hydrogens is 300 g/mol. The van der Waals surface area contributed by atoms with Crippen molar-refractivity contribution >= 4 is 5.91 Å². The first-order chi connectivity index (χ1) is 11.3. The average molecular weight is 328 g/mol. The van der Waals surface area contributed by atoms with Gasteiger partial charge in [-0.25, -0.2) is 0 Å². The highest BCUT2D eigenvalue weighted by Gasteiger charge is 2.21. The number of aryl methyl sites for hydroxylation is 1. The summed E-state index contributed by atoms with van der Waals surface area (Å²) in [5, 5.41) is 9.41. The van der Waals surface area contributed by atoms with Crippen molar-refractivity contribution in [3.05, 3.63) is 58.9 Å². The first-order valence-electron chi connectivity index (χ1n) is 8.49. The Bertz CT molecular complexity index is 689. The lowest BCUT2D eigenvalue weighted by Gasteiger charge is -2.20. The Morgan fingerprint density at radius 2 is 1.83 bits per heavy atom. The molecule has 130 valence electrons. The molecule has 0 aliphatic carbocycles. The van der Waals surface area contributed by atoms with E-state index in [1.807, 2.05) is 38.1 Å². The van der Waals surface area contributed by atoms with Crippen LogP contribution in [-0.2, 0) is 0 Å². The lowest BCUT2D eigenvalue weighted by Crippen LogP contribution is -2.29. The van der Waals surface area contributed by atoms with E-state index >= 15 is 0 Å². The second-order valence-corrected chi connectivity index (χ2v) is 6.61. The van der Waals surface area contributed by atoms with E-state index in [0.29, 0.717) is 13.0 Å². The van der Waals surface area contributed by atoms with Crippen LogP contribution in [0, 0.1) is 13.8 Å². The highest BCUT2D eigenvalue weighted by atomic mass is 16.3. The van der Waals surface area contributed by atoms with Crippen molar-refractivity contribution in [2.45, 2.75) is 46.3 Å². The fourth-order valence-electron chi connectivity index (χ4n) is 3.16. The number of carbonyl (C=O) groups is 1. The van der Waals surface area contributed by atoms with Crippen LogP contribution in [0.1, 0.15) is 53.6 Å². The van der Waals surface area contributed by atoms with Crippen molar-refractivity contribution in [1.82, 2.24) is 9.47 Å². The normalized spacial score (nSPS) is 13.6. The molecule has 1 aromatic carbocycles. The summed E-state index contributed by atoms with van der Waals surface area (Å²) in [7, 11) is 1.79. The molecule has 0 aliphatic rings. The zero-order chi connectivity index (χ0) is 17.9. The predicted octanol–water partition coefficient (Wildman–Crippen LogP) is 3.56. The zero-order valence-electron chi connectivity index (χ0n) is 15.3. The Morgan fingerprint density at radius 1 is 1.21 bits per heavy atom. The number of aliphatic hydroxyl groups excluding tert-OH is 1. The summed E-state index contributed by atoms with van der Waals surface area (Å²) in [6.45, 7) is 8.49. The molecule has 4 nitrogen and oxygen atoms in total. The van der Waals surface area contributed by atoms with Gasteiger partial charge >= 0.3 is 0 Å². The van der Waals surface area contributed by atoms with Crippen LogP contribution in [0.4, 0.5) is 0 Å². The van der Waals surface area contributed by atoms with Crippen LogP contribution in [0.25, 0.3) is 0 Å². The fourth-order valence-corrected chi connectivity index (χ4v) is 3.16. The average Bonchev–Trinajstić information content (AvgIpc) is 2.86. The Morgan fingerprint density at radius 3 is 2.42 bits per heavy atom. The summed E-state index contributed by atoms with van der Waals surface area (Å²) in [6.07, 6.45) is 0.187. The van der Waals surface area contributed by atoms with Gasteiger partial charge in [-0.2, -0.15) is 0 Å². The second kappa shape index (κ2) is 7.67. The van der Waals surface area contributed by atoms with E-state index in [9.17, 15) is 9.90 Å². The third-order valence-corrected chi connectivity index (χ3v) is 4.61. The summed E-state index contributed by atoms with van der Waals surface area (Å²) < 4.78 is 2.21. The summed E-state index contributed by atoms with van der Waals surface area (Å²) in [5.41, 5.74) is 4.03. The molecule has 24 heavy (non-hydrogen) atoms. The number of benzene rings is 1. The number of nitrogens with zero attached hydrogens (tertiary/aromatic N) is 2. The molecule has 4 heteroatoms. The molecule has 0 spiro atoms. The molecule has 0 saturated carbocycles. The summed E-state index contributed by atoms with van der Waals surface area (Å²) >= 11 is 0. The highest BCUT2D eigenvalue weighted by molar-refractivity contribution is 5.95. The number of amides is 1. The van der Waals surface area contributed by atoms with E-state index in [0.717, 1.165) is 17.0 Å². The van der Waals surface area contributed by atoms with Gasteiger partial charge in [-0.3, -0.25) is 4.79 Å². The summed E-state index contributed by atoms with van der Waals surface area (Å²) in [5.74, 6) is 0.00950. The van der Waals surface area contributed by atoms with Crippen LogP contribution in [0.15, 0.2) is 36.4 Å². The van der Waals surface area contributed by atoms with Gasteiger partial charge < -0.3 is 14.6 Å². The molecule has 2 atom stereocenters. The van der Waals surface area contributed by atoms with Crippen LogP contribution in [0.5, 0.6) is 0 Å². The van der Waals surface area contributed by atoms with E-state index in [-0.39, 0.29) is 11.9 Å². The SMILES string of the molecule is Cc1cc(C(=O)N(C)CCC(C)O)c(C)n1C(C)c1ccccc1. The Labute approximate surface area is 144 Å². The molecule has 1 N–H and O–H groups in total. The molecule has 0 aliphatic heterocycles. The largest absolute Gasteiger partial charge is 0.393 e. The van der Waals surface area contributed by atoms with Gasteiger partial charge in [0.1, 0.15) is 0 Å². The molecule has 2 aromatic rings. The third-order valence-electron chi connectivity index (χ3n) is 4.61. The molecule has 2 rings (SSSR count). The number of hydrogen-bond donors (Lipinski definition) is 1. The van der Waals surface area contributed by atoms with Crippen LogP contribution in [-0.4, -0.2) is 40.2 Å². The molecule has 0 saturated heterocycles. The smallest absolute Gasteiger partial charge is 0.255 e. The summed E-state index contributed by atoms with van der Waals surface area (Å²) in [4.78, 5) is 14.4. The van der Waals surface area contributed by atoms with Crippen molar-refractivity contribution in [2.24, 2.45) is 0 Å². The first kappa shape index (κ1) is 18.3. The van der Waals surface area contributed by atoms with Crippen LogP contribution in [0.3, 0.4) is 0 Å². The Hall–Kier alpha value is -2.07. The second-order valence-electron chi connectivity index (χ2n) is 6.61. The summed E-state index contributed by atoms with van der Waals surface area (Å²) in [6, 6.07) is 12.5. The minimum Gasteiger partial charge on any atom is -0.393 e. The molecule has 2 unspecified atom stereocenters. The maximum absolute atomic E-state index is 12.7. The molecule has 0 bridgehead atoms. The van der Waals surface area contributed by atoms with Gasteiger partial charge in [0.2, 0.25) is 0 Å². The molecule has 1 amide bonds. The van der Waals surface area contributed by atoms with Gasteiger partial charge in [0, 0.05) is 25.0 Å². The van der Waals surface area contributed by atoms with Crippen molar-refractivity contribution < 1.29 is 9.90 Å². The number of carbonyl (C=O) groups excluding carboxylic acids is 1. The zero-order valence-corrected chi connectivity index (χ0v) is 15.3. The highest BCUT2D eigenvalue weighted by Crippen LogP contribution is 2.26. The third kappa shape index (κ3) is 3.88. The lowest BCUT2D eigenvalue weighted by atomic mass is 10.1. The van der Waals surface area contributed by atoms with E-state index < -0.39 is 6.10 Å². The number of hydrogen-bond acceptors (Lipinski definition) is 2. The maximum atomic E-state index is 12.7. The van der Waals surface area contributed by atoms with E-state index in [4.69, 9.17) is 0 Å². The van der Waals surface area contributed by atoms with Gasteiger partial charge in [0.15, 0.2) is 0 Å². The van der Waals surface area contributed by atoms with Gasteiger partial charge in [-0.15, -0.1) is 0 Å². The van der Waals surface area contributed by atoms with Crippen molar-refractivity contribution in [1.29, 1.82) is 0 Å². The van der Waals surface area contributed by atoms with Crippen molar-refractivity contribution in [3.8, 4) is 0 Å². The van der Waals surface area contributed by atoms with E-state index in [1.165, 1.54) is 5.56 Å². The van der Waals surface area contributed by atoms with E-state index in [1.54, 1.807) is 18.9 Å². The maximum Gasteiger partial charge on any atom is 0.255 e. The lowest BCUT2D eigenvalue weighted by molar-refractivity contribution is 0.0768. The standard InChI is InChI=1S/C20H28N2O2/c1-14-13-19(20(24)21(5)12-11-15(2)23)17(4)22(14)16(3)18-9-7-6-8-10-18/h6-10,13,15-16,23H,11-12H2,1-5H3. The van der Waals surface area contributed by atoms with Gasteiger partial charge in [-0.05, 0) is 45.7 Å². The Kier molecular flexibility index (Phi) is 5.84. The topological polar surface area (TPSA) is 45.5 Å². The monoisotopic (exact) mass is 328 g/mol. The van der Waals surface area contributed by atoms with Crippen LogP contribution >= 0.6 is 0 Å². The number of aromatic nitrogens is 1. The van der Waals surface area contributed by atoms with Crippen molar-refractivity contribution in [3.63, 3.8) is 0 Å². The minimum absolute atomic E-state index is 0.00950. The van der Waals surface area contributed by atoms with Gasteiger partial charge in [0.05, 0.1) is 17.7 Å². The molecule has 1 heterocycles. The van der Waals surface area contributed by atoms with E-state index in [2.05, 4.69) is 23.6 Å². The van der Waals surface area contributed by atoms with Gasteiger partial charge in [0.25, 0.3) is 5.91 Å². The first-order valence-corrected chi connectivity index (χ1v) is 8.49. The van der Waals surface area contributed by atoms with Crippen LogP contribution in [0.2, 0.25) is 0 Å². The molecule has 0 fully saturated rings. The molecular formula is C20H28N2O2. The number of aliphatic hydroxyl groups is 1. The van der Waals surface area contributed by atoms with Crippen LogP contribution < -0.4 is 0 Å². The minimum atomic E-state index is -0.397. The number of rotatable bonds is 6. The van der Waals surface area contributed by atoms with Crippen molar-refractivity contribution in [2.75, 3.05) is 13.6 Å². The molecule has 1 aromatic heterocycles. The molecule has 0 radical (unpaired) electrons. The predicted molar refractivity (Wildman–Crippen MR) is 97.4 cm³/mol.